The average Bonchev–Trinajstić information content (AvgIpc) is 2.97. The normalized spacial score (nSPS) is 12.5. The van der Waals surface area contributed by atoms with E-state index in [2.05, 4.69) is 4.98 Å². The third-order valence-corrected chi connectivity index (χ3v) is 5.20. The summed E-state index contributed by atoms with van der Waals surface area (Å²) in [6.45, 7) is 0.436. The molecule has 0 N–H and O–H groups in total. The van der Waals surface area contributed by atoms with Crippen LogP contribution >= 0.6 is 0 Å². The first-order chi connectivity index (χ1) is 11.7. The van der Waals surface area contributed by atoms with E-state index in [9.17, 15) is 21.6 Å². The fourth-order valence-corrected chi connectivity index (χ4v) is 3.18. The van der Waals surface area contributed by atoms with Crippen molar-refractivity contribution < 1.29 is 26.3 Å². The predicted molar refractivity (Wildman–Crippen MR) is 85.1 cm³/mol. The molecule has 0 saturated heterocycles. The summed E-state index contributed by atoms with van der Waals surface area (Å²) < 4.78 is 67.7. The SMILES string of the molecule is COc1ccc(Cn2cnc3cc(S(=O)(=O)C(F)(F)F)ccc32)cc1. The highest BCUT2D eigenvalue weighted by Gasteiger charge is 2.46. The van der Waals surface area contributed by atoms with Crippen molar-refractivity contribution in [2.24, 2.45) is 0 Å². The summed E-state index contributed by atoms with van der Waals surface area (Å²) >= 11 is 0. The van der Waals surface area contributed by atoms with Gasteiger partial charge in [-0.15, -0.1) is 0 Å². The molecule has 2 aromatic carbocycles. The maximum absolute atomic E-state index is 12.6. The third-order valence-electron chi connectivity index (χ3n) is 3.72. The van der Waals surface area contributed by atoms with E-state index in [-0.39, 0.29) is 5.52 Å². The summed E-state index contributed by atoms with van der Waals surface area (Å²) in [4.78, 5) is 3.19. The number of sulfone groups is 1. The monoisotopic (exact) mass is 370 g/mol. The van der Waals surface area contributed by atoms with Gasteiger partial charge in [0.15, 0.2) is 0 Å². The molecule has 0 fully saturated rings. The second kappa shape index (κ2) is 6.07. The molecule has 132 valence electrons. The summed E-state index contributed by atoms with van der Waals surface area (Å²) in [6.07, 6.45) is 1.46. The molecule has 0 atom stereocenters. The molecule has 0 radical (unpaired) electrons. The van der Waals surface area contributed by atoms with Crippen LogP contribution in [0.15, 0.2) is 53.7 Å². The van der Waals surface area contributed by atoms with Gasteiger partial charge in [0.1, 0.15) is 5.75 Å². The van der Waals surface area contributed by atoms with Crippen molar-refractivity contribution in [3.63, 3.8) is 0 Å². The fourth-order valence-electron chi connectivity index (χ4n) is 2.40. The molecule has 0 bridgehead atoms. The number of nitrogens with zero attached hydrogens (tertiary/aromatic N) is 2. The lowest BCUT2D eigenvalue weighted by Gasteiger charge is -2.09. The quantitative estimate of drug-likeness (QED) is 0.706. The van der Waals surface area contributed by atoms with Crippen LogP contribution in [-0.2, 0) is 16.4 Å². The lowest BCUT2D eigenvalue weighted by atomic mass is 10.2. The van der Waals surface area contributed by atoms with Gasteiger partial charge >= 0.3 is 5.51 Å². The van der Waals surface area contributed by atoms with Gasteiger partial charge in [-0.3, -0.25) is 0 Å². The number of benzene rings is 2. The van der Waals surface area contributed by atoms with Crippen molar-refractivity contribution in [3.8, 4) is 5.75 Å². The van der Waals surface area contributed by atoms with Gasteiger partial charge in [0.2, 0.25) is 0 Å². The van der Waals surface area contributed by atoms with E-state index >= 15 is 0 Å². The molecule has 9 heteroatoms. The predicted octanol–water partition coefficient (Wildman–Crippen LogP) is 3.39. The maximum atomic E-state index is 12.6. The Morgan fingerprint density at radius 2 is 1.80 bits per heavy atom. The molecule has 1 heterocycles. The highest BCUT2D eigenvalue weighted by Crippen LogP contribution is 2.31. The second-order valence-corrected chi connectivity index (χ2v) is 7.26. The minimum atomic E-state index is -5.39. The first kappa shape index (κ1) is 17.3. The van der Waals surface area contributed by atoms with E-state index in [0.717, 1.165) is 17.7 Å². The number of hydrogen-bond acceptors (Lipinski definition) is 4. The Morgan fingerprint density at radius 1 is 1.12 bits per heavy atom. The number of hydrogen-bond donors (Lipinski definition) is 0. The van der Waals surface area contributed by atoms with Crippen molar-refractivity contribution in [3.05, 3.63) is 54.4 Å². The minimum Gasteiger partial charge on any atom is -0.497 e. The molecular formula is C16H13F3N2O3S. The Bertz CT molecular complexity index is 1010. The second-order valence-electron chi connectivity index (χ2n) is 5.32. The molecule has 0 aliphatic rings. The molecule has 0 spiro atoms. The van der Waals surface area contributed by atoms with Gasteiger partial charge < -0.3 is 9.30 Å². The number of rotatable bonds is 4. The van der Waals surface area contributed by atoms with Gasteiger partial charge in [-0.1, -0.05) is 12.1 Å². The zero-order valence-electron chi connectivity index (χ0n) is 13.0. The molecule has 3 rings (SSSR count). The number of halogens is 3. The summed E-state index contributed by atoms with van der Waals surface area (Å²) in [7, 11) is -3.83. The summed E-state index contributed by atoms with van der Waals surface area (Å²) in [5.74, 6) is 0.709. The Morgan fingerprint density at radius 3 is 2.40 bits per heavy atom. The van der Waals surface area contributed by atoms with Gasteiger partial charge in [0, 0.05) is 6.54 Å². The summed E-state index contributed by atoms with van der Waals surface area (Å²) in [5.41, 5.74) is -3.69. The summed E-state index contributed by atoms with van der Waals surface area (Å²) in [5, 5.41) is 0. The molecule has 3 aromatic rings. The zero-order chi connectivity index (χ0) is 18.2. The van der Waals surface area contributed by atoms with Crippen LogP contribution in [0.25, 0.3) is 11.0 Å². The molecule has 25 heavy (non-hydrogen) atoms. The number of alkyl halides is 3. The first-order valence-electron chi connectivity index (χ1n) is 7.11. The van der Waals surface area contributed by atoms with Crippen LogP contribution in [0.2, 0.25) is 0 Å². The van der Waals surface area contributed by atoms with Crippen LogP contribution in [0.4, 0.5) is 13.2 Å². The van der Waals surface area contributed by atoms with Gasteiger partial charge in [-0.25, -0.2) is 13.4 Å². The number of imidazole rings is 1. The Labute approximate surface area is 141 Å². The molecular weight excluding hydrogens is 357 g/mol. The van der Waals surface area contributed by atoms with E-state index in [1.165, 1.54) is 12.4 Å². The van der Waals surface area contributed by atoms with Crippen LogP contribution < -0.4 is 4.74 Å². The molecule has 5 nitrogen and oxygen atoms in total. The number of methoxy groups -OCH3 is 1. The highest BCUT2D eigenvalue weighted by atomic mass is 32.2. The van der Waals surface area contributed by atoms with Crippen LogP contribution in [0.5, 0.6) is 5.75 Å². The Kier molecular flexibility index (Phi) is 4.19. The highest BCUT2D eigenvalue weighted by molar-refractivity contribution is 7.92. The van der Waals surface area contributed by atoms with E-state index < -0.39 is 20.2 Å². The van der Waals surface area contributed by atoms with Crippen molar-refractivity contribution >= 4 is 20.9 Å². The lowest BCUT2D eigenvalue weighted by Crippen LogP contribution is -2.23. The lowest BCUT2D eigenvalue weighted by molar-refractivity contribution is -0.0435. The van der Waals surface area contributed by atoms with Gasteiger partial charge in [0.25, 0.3) is 9.84 Å². The van der Waals surface area contributed by atoms with Crippen molar-refractivity contribution in [2.45, 2.75) is 16.9 Å². The first-order valence-corrected chi connectivity index (χ1v) is 8.60. The fraction of sp³-hybridized carbons (Fsp3) is 0.188. The van der Waals surface area contributed by atoms with Crippen LogP contribution in [0.3, 0.4) is 0 Å². The van der Waals surface area contributed by atoms with Gasteiger partial charge in [0.05, 0.1) is 29.4 Å². The van der Waals surface area contributed by atoms with Crippen molar-refractivity contribution in [1.82, 2.24) is 9.55 Å². The number of aromatic nitrogens is 2. The largest absolute Gasteiger partial charge is 0.501 e. The Hall–Kier alpha value is -2.55. The van der Waals surface area contributed by atoms with Gasteiger partial charge in [-0.05, 0) is 35.9 Å². The third kappa shape index (κ3) is 3.19. The van der Waals surface area contributed by atoms with E-state index in [0.29, 0.717) is 17.8 Å². The number of fused-ring (bicyclic) bond motifs is 1. The van der Waals surface area contributed by atoms with E-state index in [1.807, 2.05) is 12.1 Å². The van der Waals surface area contributed by atoms with Crippen LogP contribution in [0.1, 0.15) is 5.56 Å². The van der Waals surface area contributed by atoms with E-state index in [4.69, 9.17) is 4.74 Å². The average molecular weight is 370 g/mol. The van der Waals surface area contributed by atoms with Gasteiger partial charge in [-0.2, -0.15) is 13.2 Å². The molecule has 0 unspecified atom stereocenters. The minimum absolute atomic E-state index is 0.179. The number of ether oxygens (including phenoxy) is 1. The topological polar surface area (TPSA) is 61.2 Å². The maximum Gasteiger partial charge on any atom is 0.501 e. The molecule has 0 saturated carbocycles. The van der Waals surface area contributed by atoms with Crippen LogP contribution in [0, 0.1) is 0 Å². The standard InChI is InChI=1S/C16H13F3N2O3S/c1-24-12-4-2-11(3-5-12)9-21-10-20-14-8-13(6-7-15(14)21)25(22,23)16(17,18)19/h2-8,10H,9H2,1H3. The van der Waals surface area contributed by atoms with Crippen molar-refractivity contribution in [2.75, 3.05) is 7.11 Å². The smallest absolute Gasteiger partial charge is 0.497 e. The molecule has 1 aromatic heterocycles. The van der Waals surface area contributed by atoms with Crippen molar-refractivity contribution in [1.29, 1.82) is 0 Å². The van der Waals surface area contributed by atoms with E-state index in [1.54, 1.807) is 23.8 Å². The summed E-state index contributed by atoms with van der Waals surface area (Å²) in [6, 6.07) is 10.5. The molecule has 0 aliphatic carbocycles. The van der Waals surface area contributed by atoms with Crippen LogP contribution in [-0.4, -0.2) is 30.6 Å². The zero-order valence-corrected chi connectivity index (χ0v) is 13.8. The Balaban J connectivity index is 1.95. The molecule has 0 amide bonds. The molecule has 0 aliphatic heterocycles.